The van der Waals surface area contributed by atoms with Gasteiger partial charge in [0.1, 0.15) is 0 Å². The van der Waals surface area contributed by atoms with Gasteiger partial charge in [-0.3, -0.25) is 0 Å². The normalized spacial score (nSPS) is 41.1. The van der Waals surface area contributed by atoms with Gasteiger partial charge in [0.05, 0.1) is 0 Å². The van der Waals surface area contributed by atoms with E-state index in [0.717, 1.165) is 23.8 Å². The molecule has 4 atom stereocenters. The minimum absolute atomic E-state index is 0.754. The predicted molar refractivity (Wildman–Crippen MR) is 68.6 cm³/mol. The molecular weight excluding hydrogens is 198 g/mol. The molecule has 3 heteroatoms. The zero-order valence-electron chi connectivity index (χ0n) is 11.2. The minimum atomic E-state index is 0.754. The molecule has 1 N–H and O–H groups in total. The van der Waals surface area contributed by atoms with E-state index in [-0.39, 0.29) is 0 Å². The summed E-state index contributed by atoms with van der Waals surface area (Å²) in [4.78, 5) is 5.06. The number of hydrogen-bond donors (Lipinski definition) is 1. The number of likely N-dealkylation sites (N-methyl/N-ethyl adjacent to an activating group) is 1. The van der Waals surface area contributed by atoms with Gasteiger partial charge in [0.25, 0.3) is 0 Å². The molecular formula is C13H27N3. The molecule has 0 spiro atoms. The van der Waals surface area contributed by atoms with Crippen molar-refractivity contribution in [2.75, 3.05) is 46.8 Å². The van der Waals surface area contributed by atoms with Crippen molar-refractivity contribution >= 4 is 0 Å². The zero-order chi connectivity index (χ0) is 11.7. The van der Waals surface area contributed by atoms with Gasteiger partial charge in [0.2, 0.25) is 0 Å². The quantitative estimate of drug-likeness (QED) is 0.764. The second-order valence-corrected chi connectivity index (χ2v) is 6.12. The standard InChI is InChI=1S/C13H27N3/c1-10-5-14-6-12(10)8-16-7-11(2)13(9-16)15(3)4/h10-14H,5-9H2,1-4H3. The van der Waals surface area contributed by atoms with Crippen molar-refractivity contribution in [3.63, 3.8) is 0 Å². The van der Waals surface area contributed by atoms with Crippen molar-refractivity contribution in [1.82, 2.24) is 15.1 Å². The van der Waals surface area contributed by atoms with Crippen molar-refractivity contribution in [2.24, 2.45) is 17.8 Å². The maximum absolute atomic E-state index is 3.50. The first kappa shape index (κ1) is 12.3. The van der Waals surface area contributed by atoms with Crippen LogP contribution in [0.15, 0.2) is 0 Å². The van der Waals surface area contributed by atoms with Gasteiger partial charge in [0, 0.05) is 25.7 Å². The maximum atomic E-state index is 3.50. The fourth-order valence-corrected chi connectivity index (χ4v) is 3.31. The summed E-state index contributed by atoms with van der Waals surface area (Å²) < 4.78 is 0. The van der Waals surface area contributed by atoms with Crippen LogP contribution in [-0.2, 0) is 0 Å². The summed E-state index contributed by atoms with van der Waals surface area (Å²) in [5, 5.41) is 3.50. The van der Waals surface area contributed by atoms with Crippen LogP contribution in [0.2, 0.25) is 0 Å². The summed E-state index contributed by atoms with van der Waals surface area (Å²) in [6, 6.07) is 0.754. The summed E-state index contributed by atoms with van der Waals surface area (Å²) >= 11 is 0. The lowest BCUT2D eigenvalue weighted by Crippen LogP contribution is -2.36. The molecule has 2 heterocycles. The maximum Gasteiger partial charge on any atom is 0.0254 e. The fraction of sp³-hybridized carbons (Fsp3) is 1.00. The lowest BCUT2D eigenvalue weighted by atomic mass is 9.98. The van der Waals surface area contributed by atoms with Crippen LogP contribution in [0.1, 0.15) is 13.8 Å². The summed E-state index contributed by atoms with van der Waals surface area (Å²) in [5.41, 5.74) is 0. The molecule has 3 nitrogen and oxygen atoms in total. The van der Waals surface area contributed by atoms with E-state index in [1.54, 1.807) is 0 Å². The molecule has 0 saturated carbocycles. The molecule has 0 radical (unpaired) electrons. The molecule has 94 valence electrons. The topological polar surface area (TPSA) is 18.5 Å². The SMILES string of the molecule is CC1CNCC1CN1CC(C)C(N(C)C)C1. The molecule has 2 rings (SSSR count). The number of nitrogens with one attached hydrogen (secondary N) is 1. The van der Waals surface area contributed by atoms with Gasteiger partial charge in [-0.1, -0.05) is 13.8 Å². The van der Waals surface area contributed by atoms with Crippen molar-refractivity contribution < 1.29 is 0 Å². The van der Waals surface area contributed by atoms with Crippen LogP contribution in [-0.4, -0.2) is 62.7 Å². The number of likely N-dealkylation sites (tertiary alicyclic amines) is 1. The van der Waals surface area contributed by atoms with Crippen molar-refractivity contribution in [2.45, 2.75) is 19.9 Å². The second kappa shape index (κ2) is 5.03. The van der Waals surface area contributed by atoms with E-state index in [0.29, 0.717) is 0 Å². The van der Waals surface area contributed by atoms with Crippen LogP contribution in [0.5, 0.6) is 0 Å². The predicted octanol–water partition coefficient (Wildman–Crippen LogP) is 0.724. The Morgan fingerprint density at radius 1 is 1.12 bits per heavy atom. The van der Waals surface area contributed by atoms with Crippen LogP contribution in [0.4, 0.5) is 0 Å². The molecule has 2 fully saturated rings. The Morgan fingerprint density at radius 2 is 1.88 bits per heavy atom. The molecule has 0 aliphatic carbocycles. The van der Waals surface area contributed by atoms with Crippen LogP contribution in [0, 0.1) is 17.8 Å². The molecule has 2 saturated heterocycles. The summed E-state index contributed by atoms with van der Waals surface area (Å²) in [5.74, 6) is 2.54. The summed E-state index contributed by atoms with van der Waals surface area (Å²) in [6.07, 6.45) is 0. The highest BCUT2D eigenvalue weighted by atomic mass is 15.2. The van der Waals surface area contributed by atoms with Gasteiger partial charge >= 0.3 is 0 Å². The van der Waals surface area contributed by atoms with Gasteiger partial charge in [-0.15, -0.1) is 0 Å². The van der Waals surface area contributed by atoms with Crippen molar-refractivity contribution in [3.05, 3.63) is 0 Å². The van der Waals surface area contributed by atoms with Crippen LogP contribution >= 0.6 is 0 Å². The van der Waals surface area contributed by atoms with Gasteiger partial charge < -0.3 is 15.1 Å². The third-order valence-electron chi connectivity index (χ3n) is 4.48. The summed E-state index contributed by atoms with van der Waals surface area (Å²) in [7, 11) is 4.43. The number of nitrogens with zero attached hydrogens (tertiary/aromatic N) is 2. The van der Waals surface area contributed by atoms with E-state index in [2.05, 4.69) is 43.1 Å². The van der Waals surface area contributed by atoms with Crippen molar-refractivity contribution in [1.29, 1.82) is 0 Å². The minimum Gasteiger partial charge on any atom is -0.316 e. The number of hydrogen-bond acceptors (Lipinski definition) is 3. The van der Waals surface area contributed by atoms with Gasteiger partial charge in [-0.05, 0) is 44.9 Å². The summed E-state index contributed by atoms with van der Waals surface area (Å²) in [6.45, 7) is 11.0. The molecule has 4 unspecified atom stereocenters. The molecule has 2 aliphatic heterocycles. The Hall–Kier alpha value is -0.120. The Kier molecular flexibility index (Phi) is 3.88. The molecule has 0 aromatic rings. The van der Waals surface area contributed by atoms with E-state index >= 15 is 0 Å². The first-order chi connectivity index (χ1) is 7.58. The van der Waals surface area contributed by atoms with Crippen LogP contribution in [0.25, 0.3) is 0 Å². The van der Waals surface area contributed by atoms with Gasteiger partial charge in [0.15, 0.2) is 0 Å². The van der Waals surface area contributed by atoms with Crippen LogP contribution < -0.4 is 5.32 Å². The van der Waals surface area contributed by atoms with E-state index in [1.165, 1.54) is 32.7 Å². The molecule has 0 aromatic heterocycles. The van der Waals surface area contributed by atoms with E-state index < -0.39 is 0 Å². The van der Waals surface area contributed by atoms with Crippen molar-refractivity contribution in [3.8, 4) is 0 Å². The Labute approximate surface area is 100 Å². The highest BCUT2D eigenvalue weighted by Crippen LogP contribution is 2.24. The number of rotatable bonds is 3. The van der Waals surface area contributed by atoms with Gasteiger partial charge in [-0.25, -0.2) is 0 Å². The Bertz CT molecular complexity index is 229. The average molecular weight is 225 g/mol. The molecule has 0 bridgehead atoms. The average Bonchev–Trinajstić information content (AvgIpc) is 2.75. The Balaban J connectivity index is 1.84. The van der Waals surface area contributed by atoms with E-state index in [9.17, 15) is 0 Å². The lowest BCUT2D eigenvalue weighted by Gasteiger charge is -2.24. The zero-order valence-corrected chi connectivity index (χ0v) is 11.2. The molecule has 0 amide bonds. The second-order valence-electron chi connectivity index (χ2n) is 6.12. The van der Waals surface area contributed by atoms with E-state index in [1.807, 2.05) is 0 Å². The van der Waals surface area contributed by atoms with Crippen LogP contribution in [0.3, 0.4) is 0 Å². The first-order valence-electron chi connectivity index (χ1n) is 6.67. The largest absolute Gasteiger partial charge is 0.316 e. The van der Waals surface area contributed by atoms with Gasteiger partial charge in [-0.2, -0.15) is 0 Å². The molecule has 2 aliphatic rings. The molecule has 16 heavy (non-hydrogen) atoms. The first-order valence-corrected chi connectivity index (χ1v) is 6.67. The fourth-order valence-electron chi connectivity index (χ4n) is 3.31. The highest BCUT2D eigenvalue weighted by molar-refractivity contribution is 4.89. The third kappa shape index (κ3) is 2.58. The van der Waals surface area contributed by atoms with E-state index in [4.69, 9.17) is 0 Å². The monoisotopic (exact) mass is 225 g/mol. The lowest BCUT2D eigenvalue weighted by molar-refractivity contribution is 0.229. The molecule has 0 aromatic carbocycles. The Morgan fingerprint density at radius 3 is 2.38 bits per heavy atom. The highest BCUT2D eigenvalue weighted by Gasteiger charge is 2.33. The third-order valence-corrected chi connectivity index (χ3v) is 4.48. The smallest absolute Gasteiger partial charge is 0.0254 e.